The highest BCUT2D eigenvalue weighted by Gasteiger charge is 2.37. The molecule has 0 heterocycles. The largest absolute Gasteiger partial charge is 0.379 e. The molecule has 0 N–H and O–H groups in total. The van der Waals surface area contributed by atoms with E-state index in [2.05, 4.69) is 81.4 Å². The fourth-order valence-corrected chi connectivity index (χ4v) is 4.52. The van der Waals surface area contributed by atoms with E-state index in [0.717, 1.165) is 65.0 Å². The molecule has 0 aromatic heterocycles. The SMILES string of the molecule is CCCCOCCOCCC(CCOCCOCCCC)C(C)(c1ccccc1)c1ccccc1. The van der Waals surface area contributed by atoms with Gasteiger partial charge in [-0.3, -0.25) is 0 Å². The summed E-state index contributed by atoms with van der Waals surface area (Å²) in [6.45, 7) is 12.5. The lowest BCUT2D eigenvalue weighted by Gasteiger charge is -2.39. The second-order valence-corrected chi connectivity index (χ2v) is 9.37. The Kier molecular flexibility index (Phi) is 15.6. The van der Waals surface area contributed by atoms with Gasteiger partial charge in [-0.25, -0.2) is 0 Å². The Morgan fingerprint density at radius 1 is 0.543 bits per heavy atom. The molecule has 0 radical (unpaired) electrons. The smallest absolute Gasteiger partial charge is 0.0700 e. The highest BCUT2D eigenvalue weighted by molar-refractivity contribution is 5.39. The number of rotatable bonds is 21. The van der Waals surface area contributed by atoms with Crippen molar-refractivity contribution < 1.29 is 18.9 Å². The molecule has 0 spiro atoms. The van der Waals surface area contributed by atoms with Crippen molar-refractivity contribution in [2.24, 2.45) is 5.92 Å². The summed E-state index contributed by atoms with van der Waals surface area (Å²) in [7, 11) is 0. The standard InChI is InChI=1S/C31H48O4/c1-4-6-20-32-24-26-34-22-18-30(19-23-35-27-25-33-21-7-5-2)31(3,28-14-10-8-11-15-28)29-16-12-9-13-17-29/h8-17,30H,4-7,18-27H2,1-3H3. The van der Waals surface area contributed by atoms with E-state index in [9.17, 15) is 0 Å². The van der Waals surface area contributed by atoms with E-state index < -0.39 is 0 Å². The summed E-state index contributed by atoms with van der Waals surface area (Å²) >= 11 is 0. The average molecular weight is 485 g/mol. The molecule has 2 rings (SSSR count). The van der Waals surface area contributed by atoms with Gasteiger partial charge in [0.2, 0.25) is 0 Å². The highest BCUT2D eigenvalue weighted by Crippen LogP contribution is 2.42. The van der Waals surface area contributed by atoms with Crippen LogP contribution in [-0.2, 0) is 24.4 Å². The topological polar surface area (TPSA) is 36.9 Å². The predicted molar refractivity (Wildman–Crippen MR) is 145 cm³/mol. The van der Waals surface area contributed by atoms with Gasteiger partial charge in [0.15, 0.2) is 0 Å². The van der Waals surface area contributed by atoms with Gasteiger partial charge in [0.05, 0.1) is 26.4 Å². The lowest BCUT2D eigenvalue weighted by Crippen LogP contribution is -2.35. The van der Waals surface area contributed by atoms with Crippen molar-refractivity contribution in [3.63, 3.8) is 0 Å². The second kappa shape index (κ2) is 18.5. The van der Waals surface area contributed by atoms with Gasteiger partial charge >= 0.3 is 0 Å². The van der Waals surface area contributed by atoms with Gasteiger partial charge in [-0.15, -0.1) is 0 Å². The molecule has 196 valence electrons. The van der Waals surface area contributed by atoms with Gasteiger partial charge in [0.25, 0.3) is 0 Å². The minimum Gasteiger partial charge on any atom is -0.379 e. The van der Waals surface area contributed by atoms with Crippen molar-refractivity contribution in [3.05, 3.63) is 71.8 Å². The van der Waals surface area contributed by atoms with Gasteiger partial charge in [-0.05, 0) is 42.7 Å². The van der Waals surface area contributed by atoms with Crippen LogP contribution in [0.2, 0.25) is 0 Å². The van der Waals surface area contributed by atoms with Crippen LogP contribution in [0.4, 0.5) is 0 Å². The summed E-state index contributed by atoms with van der Waals surface area (Å²) in [5.41, 5.74) is 2.54. The maximum Gasteiger partial charge on any atom is 0.0700 e. The Labute approximate surface area is 214 Å². The molecule has 0 bridgehead atoms. The van der Waals surface area contributed by atoms with E-state index in [4.69, 9.17) is 18.9 Å². The Hall–Kier alpha value is -1.72. The third-order valence-electron chi connectivity index (χ3n) is 6.81. The van der Waals surface area contributed by atoms with Crippen molar-refractivity contribution in [2.75, 3.05) is 52.9 Å². The number of ether oxygens (including phenoxy) is 4. The summed E-state index contributed by atoms with van der Waals surface area (Å²) in [4.78, 5) is 0. The molecule has 0 saturated carbocycles. The first kappa shape index (κ1) is 29.5. The molecule has 0 aliphatic rings. The lowest BCUT2D eigenvalue weighted by atomic mass is 9.65. The van der Waals surface area contributed by atoms with Crippen molar-refractivity contribution in [1.29, 1.82) is 0 Å². The number of unbranched alkanes of at least 4 members (excludes halogenated alkanes) is 2. The Bertz CT molecular complexity index is 675. The van der Waals surface area contributed by atoms with Crippen molar-refractivity contribution >= 4 is 0 Å². The van der Waals surface area contributed by atoms with Crippen LogP contribution >= 0.6 is 0 Å². The maximum absolute atomic E-state index is 6.01. The van der Waals surface area contributed by atoms with Crippen molar-refractivity contribution in [1.82, 2.24) is 0 Å². The van der Waals surface area contributed by atoms with Crippen LogP contribution in [0.1, 0.15) is 70.4 Å². The molecule has 0 atom stereocenters. The van der Waals surface area contributed by atoms with E-state index in [0.29, 0.717) is 32.3 Å². The molecule has 2 aromatic rings. The molecule has 0 aliphatic heterocycles. The molecule has 0 unspecified atom stereocenters. The van der Waals surface area contributed by atoms with Crippen LogP contribution in [0.25, 0.3) is 0 Å². The molecule has 35 heavy (non-hydrogen) atoms. The zero-order valence-corrected chi connectivity index (χ0v) is 22.4. The summed E-state index contributed by atoms with van der Waals surface area (Å²) in [5.74, 6) is 0.370. The zero-order valence-electron chi connectivity index (χ0n) is 22.4. The molecular formula is C31H48O4. The fourth-order valence-electron chi connectivity index (χ4n) is 4.52. The highest BCUT2D eigenvalue weighted by atomic mass is 16.5. The molecule has 4 nitrogen and oxygen atoms in total. The quantitative estimate of drug-likeness (QED) is 0.178. The van der Waals surface area contributed by atoms with Crippen LogP contribution in [-0.4, -0.2) is 52.9 Å². The van der Waals surface area contributed by atoms with Gasteiger partial charge in [-0.1, -0.05) is 94.3 Å². The van der Waals surface area contributed by atoms with Crippen molar-refractivity contribution in [3.8, 4) is 0 Å². The molecule has 0 amide bonds. The summed E-state index contributed by atoms with van der Waals surface area (Å²) < 4.78 is 23.3. The van der Waals surface area contributed by atoms with Gasteiger partial charge < -0.3 is 18.9 Å². The summed E-state index contributed by atoms with van der Waals surface area (Å²) in [6, 6.07) is 21.8. The van der Waals surface area contributed by atoms with Crippen LogP contribution in [0.3, 0.4) is 0 Å². The summed E-state index contributed by atoms with van der Waals surface area (Å²) in [5, 5.41) is 0. The first-order valence-corrected chi connectivity index (χ1v) is 13.7. The minimum atomic E-state index is -0.134. The zero-order chi connectivity index (χ0) is 25.0. The monoisotopic (exact) mass is 484 g/mol. The van der Waals surface area contributed by atoms with Crippen LogP contribution in [0.5, 0.6) is 0 Å². The average Bonchev–Trinajstić information content (AvgIpc) is 2.91. The Morgan fingerprint density at radius 3 is 1.29 bits per heavy atom. The van der Waals surface area contributed by atoms with Crippen LogP contribution in [0, 0.1) is 5.92 Å². The summed E-state index contributed by atoms with van der Waals surface area (Å²) in [6.07, 6.45) is 6.47. The molecule has 0 aliphatic carbocycles. The molecule has 0 fully saturated rings. The number of hydrogen-bond acceptors (Lipinski definition) is 4. The maximum atomic E-state index is 6.01. The van der Waals surface area contributed by atoms with E-state index in [1.165, 1.54) is 11.1 Å². The minimum absolute atomic E-state index is 0.134. The Balaban J connectivity index is 2.02. The number of hydrogen-bond donors (Lipinski definition) is 0. The van der Waals surface area contributed by atoms with Gasteiger partial charge in [-0.2, -0.15) is 0 Å². The third-order valence-corrected chi connectivity index (χ3v) is 6.81. The fraction of sp³-hybridized carbons (Fsp3) is 0.613. The van der Waals surface area contributed by atoms with E-state index >= 15 is 0 Å². The molecule has 4 heteroatoms. The van der Waals surface area contributed by atoms with E-state index in [-0.39, 0.29) is 5.41 Å². The van der Waals surface area contributed by atoms with Crippen LogP contribution < -0.4 is 0 Å². The lowest BCUT2D eigenvalue weighted by molar-refractivity contribution is 0.0263. The normalized spacial score (nSPS) is 11.9. The predicted octanol–water partition coefficient (Wildman–Crippen LogP) is 7.06. The second-order valence-electron chi connectivity index (χ2n) is 9.37. The van der Waals surface area contributed by atoms with Crippen LogP contribution in [0.15, 0.2) is 60.7 Å². The Morgan fingerprint density at radius 2 is 0.914 bits per heavy atom. The van der Waals surface area contributed by atoms with Gasteiger partial charge in [0, 0.05) is 31.8 Å². The van der Waals surface area contributed by atoms with Gasteiger partial charge in [0.1, 0.15) is 0 Å². The van der Waals surface area contributed by atoms with E-state index in [1.54, 1.807) is 0 Å². The molecule has 0 saturated heterocycles. The first-order chi connectivity index (χ1) is 17.2. The molecule has 2 aromatic carbocycles. The van der Waals surface area contributed by atoms with E-state index in [1.807, 2.05) is 0 Å². The van der Waals surface area contributed by atoms with Crippen molar-refractivity contribution in [2.45, 2.75) is 64.7 Å². The number of benzene rings is 2. The first-order valence-electron chi connectivity index (χ1n) is 13.7. The molecular weight excluding hydrogens is 436 g/mol. The third kappa shape index (κ3) is 10.8.